The van der Waals surface area contributed by atoms with Crippen LogP contribution in [0.1, 0.15) is 24.1 Å². The number of alkyl halides is 3. The third-order valence-electron chi connectivity index (χ3n) is 5.08. The number of methoxy groups -OCH3 is 1. The first-order chi connectivity index (χ1) is 15.7. The van der Waals surface area contributed by atoms with E-state index in [9.17, 15) is 22.8 Å². The van der Waals surface area contributed by atoms with Crippen molar-refractivity contribution < 1.29 is 37.0 Å². The van der Waals surface area contributed by atoms with E-state index < -0.39 is 29.8 Å². The molecule has 0 saturated heterocycles. The molecule has 0 radical (unpaired) electrons. The first-order valence-corrected chi connectivity index (χ1v) is 10.0. The second-order valence-electron chi connectivity index (χ2n) is 7.07. The molecule has 1 heterocycles. The Morgan fingerprint density at radius 1 is 1.09 bits per heavy atom. The van der Waals surface area contributed by atoms with Gasteiger partial charge in [0.15, 0.2) is 0 Å². The van der Waals surface area contributed by atoms with Crippen LogP contribution in [-0.4, -0.2) is 44.3 Å². The lowest BCUT2D eigenvalue weighted by Crippen LogP contribution is -2.48. The Hall–Kier alpha value is -3.69. The maximum atomic E-state index is 13.7. The van der Waals surface area contributed by atoms with Crippen LogP contribution in [0.5, 0.6) is 11.5 Å². The molecular weight excluding hydrogens is 441 g/mol. The van der Waals surface area contributed by atoms with Crippen molar-refractivity contribution in [3.63, 3.8) is 0 Å². The first-order valence-electron chi connectivity index (χ1n) is 10.0. The SMILES string of the molecule is CCOC(=O)C1=C(COc2ccc(OC)cc2)N(C)C(=O)NC1c1ccccc1C(F)(F)F. The predicted octanol–water partition coefficient (Wildman–Crippen LogP) is 4.31. The van der Waals surface area contributed by atoms with Crippen LogP contribution in [0, 0.1) is 0 Å². The lowest BCUT2D eigenvalue weighted by Gasteiger charge is -2.35. The van der Waals surface area contributed by atoms with Crippen LogP contribution in [0.2, 0.25) is 0 Å². The quantitative estimate of drug-likeness (QED) is 0.618. The van der Waals surface area contributed by atoms with Gasteiger partial charge in [0.1, 0.15) is 18.1 Å². The molecular formula is C23H23F3N2O5. The number of amides is 2. The first kappa shape index (κ1) is 24.0. The lowest BCUT2D eigenvalue weighted by atomic mass is 9.91. The van der Waals surface area contributed by atoms with Gasteiger partial charge in [-0.2, -0.15) is 13.2 Å². The van der Waals surface area contributed by atoms with E-state index in [2.05, 4.69) is 5.32 Å². The Morgan fingerprint density at radius 3 is 2.33 bits per heavy atom. The molecule has 33 heavy (non-hydrogen) atoms. The standard InChI is InChI=1S/C23H23F3N2O5/c1-4-32-21(29)19-18(13-33-15-11-9-14(31-3)10-12-15)28(2)22(30)27-20(19)16-7-5-6-8-17(16)23(24,25)26/h5-12,20H,4,13H2,1-3H3,(H,27,30). The Labute approximate surface area is 188 Å². The zero-order chi connectivity index (χ0) is 24.2. The highest BCUT2D eigenvalue weighted by atomic mass is 19.4. The van der Waals surface area contributed by atoms with Crippen molar-refractivity contribution in [2.24, 2.45) is 0 Å². The minimum Gasteiger partial charge on any atom is -0.497 e. The highest BCUT2D eigenvalue weighted by molar-refractivity contribution is 5.95. The molecule has 2 aromatic rings. The summed E-state index contributed by atoms with van der Waals surface area (Å²) in [6.45, 7) is 1.32. The largest absolute Gasteiger partial charge is 0.497 e. The molecule has 2 aromatic carbocycles. The van der Waals surface area contributed by atoms with E-state index in [1.165, 1.54) is 32.4 Å². The van der Waals surface area contributed by atoms with Gasteiger partial charge in [0.05, 0.1) is 36.6 Å². The van der Waals surface area contributed by atoms with Crippen LogP contribution in [0.15, 0.2) is 59.8 Å². The summed E-state index contributed by atoms with van der Waals surface area (Å²) in [4.78, 5) is 26.7. The molecule has 0 saturated carbocycles. The number of urea groups is 1. The second-order valence-corrected chi connectivity index (χ2v) is 7.07. The van der Waals surface area contributed by atoms with Crippen molar-refractivity contribution in [2.75, 3.05) is 27.4 Å². The van der Waals surface area contributed by atoms with Crippen molar-refractivity contribution in [3.05, 3.63) is 70.9 Å². The van der Waals surface area contributed by atoms with Gasteiger partial charge >= 0.3 is 18.2 Å². The summed E-state index contributed by atoms with van der Waals surface area (Å²) in [5.41, 5.74) is -1.27. The molecule has 10 heteroatoms. The highest BCUT2D eigenvalue weighted by Gasteiger charge is 2.42. The van der Waals surface area contributed by atoms with E-state index in [0.717, 1.165) is 11.0 Å². The fourth-order valence-electron chi connectivity index (χ4n) is 3.45. The van der Waals surface area contributed by atoms with Crippen LogP contribution in [0.4, 0.5) is 18.0 Å². The van der Waals surface area contributed by atoms with Crippen LogP contribution < -0.4 is 14.8 Å². The zero-order valence-electron chi connectivity index (χ0n) is 18.2. The maximum Gasteiger partial charge on any atom is 0.416 e. The van der Waals surface area contributed by atoms with Gasteiger partial charge in [0.25, 0.3) is 0 Å². The van der Waals surface area contributed by atoms with Gasteiger partial charge < -0.3 is 19.5 Å². The summed E-state index contributed by atoms with van der Waals surface area (Å²) >= 11 is 0. The van der Waals surface area contributed by atoms with Gasteiger partial charge in [0, 0.05) is 7.05 Å². The number of ether oxygens (including phenoxy) is 3. The van der Waals surface area contributed by atoms with Gasteiger partial charge in [-0.15, -0.1) is 0 Å². The average Bonchev–Trinajstić information content (AvgIpc) is 2.79. The molecule has 0 fully saturated rings. The van der Waals surface area contributed by atoms with Crippen LogP contribution in [-0.2, 0) is 15.7 Å². The zero-order valence-corrected chi connectivity index (χ0v) is 18.2. The average molecular weight is 464 g/mol. The van der Waals surface area contributed by atoms with Crippen molar-refractivity contribution in [2.45, 2.75) is 19.1 Å². The molecule has 2 amide bonds. The number of esters is 1. The molecule has 1 N–H and O–H groups in total. The van der Waals surface area contributed by atoms with Crippen LogP contribution >= 0.6 is 0 Å². The fourth-order valence-corrected chi connectivity index (χ4v) is 3.45. The molecule has 1 aliphatic rings. The van der Waals surface area contributed by atoms with Crippen molar-refractivity contribution in [1.82, 2.24) is 10.2 Å². The Balaban J connectivity index is 2.08. The predicted molar refractivity (Wildman–Crippen MR) is 113 cm³/mol. The number of nitrogens with zero attached hydrogens (tertiary/aromatic N) is 1. The van der Waals surface area contributed by atoms with Gasteiger partial charge in [-0.3, -0.25) is 4.90 Å². The number of carbonyl (C=O) groups is 2. The number of hydrogen-bond acceptors (Lipinski definition) is 5. The van der Waals surface area contributed by atoms with Crippen LogP contribution in [0.25, 0.3) is 0 Å². The number of carbonyl (C=O) groups excluding carboxylic acids is 2. The summed E-state index contributed by atoms with van der Waals surface area (Å²) < 4.78 is 57.0. The number of benzene rings is 2. The Kier molecular flexibility index (Phi) is 7.15. The number of halogens is 3. The van der Waals surface area contributed by atoms with E-state index in [4.69, 9.17) is 14.2 Å². The molecule has 0 bridgehead atoms. The van der Waals surface area contributed by atoms with E-state index in [0.29, 0.717) is 11.5 Å². The molecule has 0 aliphatic carbocycles. The third kappa shape index (κ3) is 5.21. The Morgan fingerprint density at radius 2 is 1.73 bits per heavy atom. The molecule has 1 unspecified atom stereocenters. The normalized spacial score (nSPS) is 16.4. The lowest BCUT2D eigenvalue weighted by molar-refractivity contribution is -0.141. The summed E-state index contributed by atoms with van der Waals surface area (Å²) in [6.07, 6.45) is -4.69. The second kappa shape index (κ2) is 9.85. The highest BCUT2D eigenvalue weighted by Crippen LogP contribution is 2.39. The van der Waals surface area contributed by atoms with Gasteiger partial charge in [-0.05, 0) is 42.8 Å². The van der Waals surface area contributed by atoms with Crippen LogP contribution in [0.3, 0.4) is 0 Å². The van der Waals surface area contributed by atoms with Gasteiger partial charge in [0.2, 0.25) is 0 Å². The summed E-state index contributed by atoms with van der Waals surface area (Å²) in [5.74, 6) is 0.171. The molecule has 1 aliphatic heterocycles. The minimum absolute atomic E-state index is 0.000247. The van der Waals surface area contributed by atoms with E-state index in [1.807, 2.05) is 0 Å². The monoisotopic (exact) mass is 464 g/mol. The topological polar surface area (TPSA) is 77.1 Å². The third-order valence-corrected chi connectivity index (χ3v) is 5.08. The van der Waals surface area contributed by atoms with E-state index in [-0.39, 0.29) is 30.0 Å². The van der Waals surface area contributed by atoms with E-state index in [1.54, 1.807) is 31.2 Å². The molecule has 176 valence electrons. The number of rotatable bonds is 7. The molecule has 1 atom stereocenters. The number of nitrogens with one attached hydrogen (secondary N) is 1. The number of hydrogen-bond donors (Lipinski definition) is 1. The maximum absolute atomic E-state index is 13.7. The van der Waals surface area contributed by atoms with E-state index >= 15 is 0 Å². The fraction of sp³-hybridized carbons (Fsp3) is 0.304. The molecule has 3 rings (SSSR count). The number of likely N-dealkylation sites (N-methyl/N-ethyl adjacent to an activating group) is 1. The van der Waals surface area contributed by atoms with Crippen molar-refractivity contribution in [3.8, 4) is 11.5 Å². The summed E-state index contributed by atoms with van der Waals surface area (Å²) in [6, 6.07) is 9.29. The minimum atomic E-state index is -4.69. The van der Waals surface area contributed by atoms with Gasteiger partial charge in [-0.1, -0.05) is 18.2 Å². The molecule has 0 aromatic heterocycles. The van der Waals surface area contributed by atoms with Gasteiger partial charge in [-0.25, -0.2) is 9.59 Å². The van der Waals surface area contributed by atoms with Crippen molar-refractivity contribution in [1.29, 1.82) is 0 Å². The summed E-state index contributed by atoms with van der Waals surface area (Å²) in [7, 11) is 2.91. The molecule has 0 spiro atoms. The summed E-state index contributed by atoms with van der Waals surface area (Å²) in [5, 5.41) is 2.48. The Bertz CT molecular complexity index is 1050. The smallest absolute Gasteiger partial charge is 0.416 e. The molecule has 7 nitrogen and oxygen atoms in total. The van der Waals surface area contributed by atoms with Crippen molar-refractivity contribution >= 4 is 12.0 Å².